The summed E-state index contributed by atoms with van der Waals surface area (Å²) < 4.78 is 0. The summed E-state index contributed by atoms with van der Waals surface area (Å²) in [4.78, 5) is 6.33. The minimum absolute atomic E-state index is 0.758. The second kappa shape index (κ2) is 4.49. The third-order valence-electron chi connectivity index (χ3n) is 2.85. The molecule has 3 rings (SSSR count). The minimum atomic E-state index is 0.758. The molecule has 4 heteroatoms. The van der Waals surface area contributed by atoms with Crippen molar-refractivity contribution in [3.63, 3.8) is 0 Å². The Kier molecular flexibility index (Phi) is 2.68. The number of anilines is 1. The highest BCUT2D eigenvalue weighted by atomic mass is 15.6. The lowest BCUT2D eigenvalue weighted by atomic mass is 10.2. The number of pyridine rings is 1. The molecule has 1 aliphatic heterocycles. The fourth-order valence-electron chi connectivity index (χ4n) is 2.04. The van der Waals surface area contributed by atoms with Crippen molar-refractivity contribution in [2.75, 3.05) is 18.6 Å². The number of hydrazone groups is 1. The third-order valence-corrected chi connectivity index (χ3v) is 2.85. The van der Waals surface area contributed by atoms with Gasteiger partial charge in [0.25, 0.3) is 0 Å². The minimum Gasteiger partial charge on any atom is -0.305 e. The molecule has 4 nitrogen and oxygen atoms in total. The second-order valence-electron chi connectivity index (χ2n) is 4.23. The highest BCUT2D eigenvalue weighted by Gasteiger charge is 2.23. The molecule has 0 amide bonds. The molecule has 0 radical (unpaired) electrons. The zero-order chi connectivity index (χ0) is 12.4. The van der Waals surface area contributed by atoms with Gasteiger partial charge >= 0.3 is 0 Å². The van der Waals surface area contributed by atoms with Gasteiger partial charge in [0.15, 0.2) is 5.84 Å². The zero-order valence-electron chi connectivity index (χ0n) is 10.2. The number of amidine groups is 1. The number of benzene rings is 1. The summed E-state index contributed by atoms with van der Waals surface area (Å²) in [6.45, 7) is 0.758. The van der Waals surface area contributed by atoms with Gasteiger partial charge in [0.1, 0.15) is 6.67 Å². The van der Waals surface area contributed by atoms with Crippen molar-refractivity contribution in [2.24, 2.45) is 5.10 Å². The lowest BCUT2D eigenvalue weighted by molar-refractivity contribution is 0.393. The van der Waals surface area contributed by atoms with Crippen LogP contribution < -0.4 is 4.90 Å². The van der Waals surface area contributed by atoms with E-state index < -0.39 is 0 Å². The van der Waals surface area contributed by atoms with E-state index in [9.17, 15) is 0 Å². The van der Waals surface area contributed by atoms with Crippen LogP contribution in [0.15, 0.2) is 60.0 Å². The van der Waals surface area contributed by atoms with E-state index >= 15 is 0 Å². The van der Waals surface area contributed by atoms with Crippen molar-refractivity contribution in [1.29, 1.82) is 0 Å². The van der Waals surface area contributed by atoms with Crippen LogP contribution in [0, 0.1) is 0 Å². The fraction of sp³-hybridized carbons (Fsp3) is 0.143. The summed E-state index contributed by atoms with van der Waals surface area (Å²) in [6, 6.07) is 14.2. The first-order valence-electron chi connectivity index (χ1n) is 5.87. The number of hydrogen-bond acceptors (Lipinski definition) is 4. The van der Waals surface area contributed by atoms with Crippen LogP contribution in [0.3, 0.4) is 0 Å². The Balaban J connectivity index is 1.99. The number of nitrogens with zero attached hydrogens (tertiary/aromatic N) is 4. The van der Waals surface area contributed by atoms with Gasteiger partial charge < -0.3 is 4.90 Å². The predicted molar refractivity (Wildman–Crippen MR) is 72.3 cm³/mol. The Morgan fingerprint density at radius 3 is 2.61 bits per heavy atom. The summed E-state index contributed by atoms with van der Waals surface area (Å²) in [5.74, 6) is 0.941. The largest absolute Gasteiger partial charge is 0.305 e. The number of para-hydroxylation sites is 1. The monoisotopic (exact) mass is 238 g/mol. The maximum atomic E-state index is 4.55. The van der Waals surface area contributed by atoms with Crippen LogP contribution in [0.1, 0.15) is 5.56 Å². The Morgan fingerprint density at radius 2 is 1.89 bits per heavy atom. The molecular formula is C14H14N4. The van der Waals surface area contributed by atoms with Crippen molar-refractivity contribution in [3.8, 4) is 0 Å². The first-order chi connectivity index (χ1) is 8.84. The molecular weight excluding hydrogens is 224 g/mol. The molecule has 1 aromatic heterocycles. The quantitative estimate of drug-likeness (QED) is 0.803. The predicted octanol–water partition coefficient (Wildman–Crippen LogP) is 2.15. The van der Waals surface area contributed by atoms with Crippen LogP contribution >= 0.6 is 0 Å². The number of hydrogen-bond donors (Lipinski definition) is 0. The van der Waals surface area contributed by atoms with Gasteiger partial charge in [-0.25, -0.2) is 0 Å². The first-order valence-corrected chi connectivity index (χ1v) is 5.87. The second-order valence-corrected chi connectivity index (χ2v) is 4.23. The maximum absolute atomic E-state index is 4.55. The molecule has 18 heavy (non-hydrogen) atoms. The van der Waals surface area contributed by atoms with Gasteiger partial charge in [0.2, 0.25) is 0 Å². The van der Waals surface area contributed by atoms with Crippen molar-refractivity contribution >= 4 is 11.5 Å². The maximum Gasteiger partial charge on any atom is 0.163 e. The van der Waals surface area contributed by atoms with Crippen molar-refractivity contribution in [2.45, 2.75) is 0 Å². The van der Waals surface area contributed by atoms with E-state index in [0.717, 1.165) is 23.8 Å². The SMILES string of the molecule is CN1CN(c2ccccc2)C(c2cccnc2)=N1. The molecule has 2 heterocycles. The Hall–Kier alpha value is -2.36. The lowest BCUT2D eigenvalue weighted by Crippen LogP contribution is -2.30. The van der Waals surface area contributed by atoms with Gasteiger partial charge in [-0.15, -0.1) is 0 Å². The average molecular weight is 238 g/mol. The standard InChI is InChI=1S/C14H14N4/c1-17-11-18(13-7-3-2-4-8-13)14(16-17)12-6-5-9-15-10-12/h2-10H,11H2,1H3. The highest BCUT2D eigenvalue weighted by molar-refractivity contribution is 6.10. The van der Waals surface area contributed by atoms with E-state index in [1.54, 1.807) is 6.20 Å². The van der Waals surface area contributed by atoms with Crippen LogP contribution in [0.5, 0.6) is 0 Å². The van der Waals surface area contributed by atoms with E-state index in [1.807, 2.05) is 48.6 Å². The van der Waals surface area contributed by atoms with Crippen LogP contribution in [-0.4, -0.2) is 29.5 Å². The fourth-order valence-corrected chi connectivity index (χ4v) is 2.04. The molecule has 0 unspecified atom stereocenters. The third kappa shape index (κ3) is 1.93. The van der Waals surface area contributed by atoms with Crippen molar-refractivity contribution in [1.82, 2.24) is 9.99 Å². The summed E-state index contributed by atoms with van der Waals surface area (Å²) in [5.41, 5.74) is 2.18. The van der Waals surface area contributed by atoms with Crippen molar-refractivity contribution < 1.29 is 0 Å². The summed E-state index contributed by atoms with van der Waals surface area (Å²) in [6.07, 6.45) is 3.61. The van der Waals surface area contributed by atoms with E-state index in [-0.39, 0.29) is 0 Å². The van der Waals surface area contributed by atoms with Gasteiger partial charge in [-0.3, -0.25) is 9.99 Å². The number of aromatic nitrogens is 1. The topological polar surface area (TPSA) is 31.7 Å². The van der Waals surface area contributed by atoms with Crippen molar-refractivity contribution in [3.05, 3.63) is 60.4 Å². The molecule has 1 aromatic carbocycles. The van der Waals surface area contributed by atoms with Crippen LogP contribution in [0.25, 0.3) is 0 Å². The van der Waals surface area contributed by atoms with Crippen LogP contribution in [0.2, 0.25) is 0 Å². The van der Waals surface area contributed by atoms with Gasteiger partial charge in [0.05, 0.1) is 0 Å². The molecule has 0 atom stereocenters. The molecule has 0 fully saturated rings. The summed E-state index contributed by atoms with van der Waals surface area (Å²) in [5, 5.41) is 6.48. The van der Waals surface area contributed by atoms with E-state index in [1.165, 1.54) is 0 Å². The molecule has 0 saturated heterocycles. The van der Waals surface area contributed by atoms with Gasteiger partial charge in [-0.05, 0) is 24.3 Å². The highest BCUT2D eigenvalue weighted by Crippen LogP contribution is 2.21. The number of rotatable bonds is 2. The first kappa shape index (κ1) is 10.8. The molecule has 0 bridgehead atoms. The van der Waals surface area contributed by atoms with Gasteiger partial charge in [0, 0.05) is 30.7 Å². The van der Waals surface area contributed by atoms with E-state index in [4.69, 9.17) is 0 Å². The molecule has 1 aliphatic rings. The molecule has 90 valence electrons. The average Bonchev–Trinajstić information content (AvgIpc) is 2.83. The van der Waals surface area contributed by atoms with E-state index in [2.05, 4.69) is 27.1 Å². The van der Waals surface area contributed by atoms with Gasteiger partial charge in [-0.1, -0.05) is 18.2 Å². The Labute approximate surface area is 106 Å². The van der Waals surface area contributed by atoms with E-state index in [0.29, 0.717) is 0 Å². The zero-order valence-corrected chi connectivity index (χ0v) is 10.2. The normalized spacial score (nSPS) is 14.8. The van der Waals surface area contributed by atoms with Crippen LogP contribution in [0.4, 0.5) is 5.69 Å². The molecule has 0 saturated carbocycles. The summed E-state index contributed by atoms with van der Waals surface area (Å²) >= 11 is 0. The smallest absolute Gasteiger partial charge is 0.163 e. The Morgan fingerprint density at radius 1 is 1.06 bits per heavy atom. The molecule has 0 N–H and O–H groups in total. The van der Waals surface area contributed by atoms with Crippen LogP contribution in [-0.2, 0) is 0 Å². The van der Waals surface area contributed by atoms with Gasteiger partial charge in [-0.2, -0.15) is 5.10 Å². The molecule has 0 aliphatic carbocycles. The molecule has 0 spiro atoms. The lowest BCUT2D eigenvalue weighted by Gasteiger charge is -2.20. The summed E-state index contributed by atoms with van der Waals surface area (Å²) in [7, 11) is 1.97. The Bertz CT molecular complexity index is 551. The molecule has 2 aromatic rings.